The summed E-state index contributed by atoms with van der Waals surface area (Å²) in [6, 6.07) is 0. The molecule has 0 aliphatic carbocycles. The molecule has 55 valence electrons. The van der Waals surface area contributed by atoms with E-state index in [-0.39, 0.29) is 0 Å². The maximum absolute atomic E-state index is 8.67. The molecule has 4 N–H and O–H groups in total. The average Bonchev–Trinajstić information content (AvgIpc) is 1.84. The van der Waals surface area contributed by atoms with Crippen LogP contribution in [0, 0.1) is 6.92 Å². The molecule has 0 amide bonds. The van der Waals surface area contributed by atoms with Gasteiger partial charge in [-0.3, -0.25) is 0 Å². The summed E-state index contributed by atoms with van der Waals surface area (Å²) in [7, 11) is 0. The van der Waals surface area contributed by atoms with Gasteiger partial charge in [0.15, 0.2) is 0 Å². The summed E-state index contributed by atoms with van der Waals surface area (Å²) in [5.74, 6) is 0. The van der Waals surface area contributed by atoms with Crippen LogP contribution in [-0.2, 0) is 0 Å². The molecule has 0 bridgehead atoms. The van der Waals surface area contributed by atoms with E-state index in [9.17, 15) is 0 Å². The summed E-state index contributed by atoms with van der Waals surface area (Å²) in [5.41, 5.74) is 0. The van der Waals surface area contributed by atoms with Gasteiger partial charge in [-0.2, -0.15) is 0 Å². The Labute approximate surface area is 53.4 Å². The fraction of sp³-hybridized carbons (Fsp3) is 0.800. The maximum Gasteiger partial charge on any atom is 0.108 e. The lowest BCUT2D eigenvalue weighted by molar-refractivity contribution is -0.0619. The van der Waals surface area contributed by atoms with E-state index in [2.05, 4.69) is 6.92 Å². The Kier molecular flexibility index (Phi) is 3.72. The van der Waals surface area contributed by atoms with Gasteiger partial charge in [-0.05, 0) is 6.92 Å². The number of hydrogen-bond acceptors (Lipinski definition) is 4. The molecule has 0 aromatic rings. The number of rotatable bonds is 3. The summed E-state index contributed by atoms with van der Waals surface area (Å²) < 4.78 is 0. The van der Waals surface area contributed by atoms with E-state index in [1.807, 2.05) is 0 Å². The molecule has 4 heteroatoms. The molecule has 0 heterocycles. The first-order valence-corrected chi connectivity index (χ1v) is 2.57. The van der Waals surface area contributed by atoms with Gasteiger partial charge in [0.05, 0.1) is 12.7 Å². The molecule has 0 aliphatic rings. The van der Waals surface area contributed by atoms with Gasteiger partial charge in [-0.15, -0.1) is 0 Å². The molecule has 0 aromatic heterocycles. The largest absolute Gasteiger partial charge is 0.394 e. The van der Waals surface area contributed by atoms with Crippen LogP contribution < -0.4 is 0 Å². The van der Waals surface area contributed by atoms with E-state index in [4.69, 9.17) is 20.4 Å². The Bertz CT molecular complexity index is 73.4. The van der Waals surface area contributed by atoms with Gasteiger partial charge >= 0.3 is 0 Å². The molecule has 3 unspecified atom stereocenters. The van der Waals surface area contributed by atoms with Crippen molar-refractivity contribution in [2.24, 2.45) is 0 Å². The highest BCUT2D eigenvalue weighted by Gasteiger charge is 2.19. The highest BCUT2D eigenvalue weighted by Crippen LogP contribution is 1.96. The van der Waals surface area contributed by atoms with Crippen molar-refractivity contribution in [2.45, 2.75) is 18.3 Å². The minimum absolute atomic E-state index is 0.576. The van der Waals surface area contributed by atoms with Crippen LogP contribution in [0.4, 0.5) is 0 Å². The van der Waals surface area contributed by atoms with Crippen molar-refractivity contribution >= 4 is 0 Å². The molecule has 0 saturated carbocycles. The molecule has 1 radical (unpaired) electrons. The summed E-state index contributed by atoms with van der Waals surface area (Å²) in [6.07, 6.45) is -3.93. The van der Waals surface area contributed by atoms with Crippen LogP contribution in [0.25, 0.3) is 0 Å². The van der Waals surface area contributed by atoms with E-state index in [0.717, 1.165) is 0 Å². The molecule has 4 nitrogen and oxygen atoms in total. The predicted molar refractivity (Wildman–Crippen MR) is 30.5 cm³/mol. The topological polar surface area (TPSA) is 80.9 Å². The summed E-state index contributed by atoms with van der Waals surface area (Å²) >= 11 is 0. The quantitative estimate of drug-likeness (QED) is 0.357. The van der Waals surface area contributed by atoms with Gasteiger partial charge in [0.1, 0.15) is 12.2 Å². The third-order valence-electron chi connectivity index (χ3n) is 0.976. The van der Waals surface area contributed by atoms with E-state index < -0.39 is 24.9 Å². The average molecular weight is 135 g/mol. The summed E-state index contributed by atoms with van der Waals surface area (Å²) in [4.78, 5) is 0. The highest BCUT2D eigenvalue weighted by molar-refractivity contribution is 4.75. The molecule has 0 fully saturated rings. The first kappa shape index (κ1) is 8.84. The van der Waals surface area contributed by atoms with Crippen LogP contribution in [0.1, 0.15) is 0 Å². The van der Waals surface area contributed by atoms with Crippen LogP contribution in [0.2, 0.25) is 0 Å². The van der Waals surface area contributed by atoms with E-state index in [1.165, 1.54) is 0 Å². The molecule has 0 rings (SSSR count). The Balaban J connectivity index is 3.58. The van der Waals surface area contributed by atoms with Crippen molar-refractivity contribution in [1.82, 2.24) is 0 Å². The molecule has 0 spiro atoms. The SMILES string of the molecule is [CH2]C(O)C(O)C(O)CO. The first-order valence-electron chi connectivity index (χ1n) is 2.57. The fourth-order valence-electron chi connectivity index (χ4n) is 0.364. The monoisotopic (exact) mass is 135 g/mol. The van der Waals surface area contributed by atoms with Gasteiger partial charge in [0.2, 0.25) is 0 Å². The van der Waals surface area contributed by atoms with Crippen molar-refractivity contribution < 1.29 is 20.4 Å². The Hall–Kier alpha value is -0.160. The third kappa shape index (κ3) is 2.76. The first-order chi connectivity index (χ1) is 4.09. The van der Waals surface area contributed by atoms with Gasteiger partial charge < -0.3 is 20.4 Å². The number of hydrogen-bond donors (Lipinski definition) is 4. The summed E-state index contributed by atoms with van der Waals surface area (Å²) in [6.45, 7) is 2.47. The molecule has 0 saturated heterocycles. The zero-order chi connectivity index (χ0) is 7.44. The Morgan fingerprint density at radius 2 is 1.67 bits per heavy atom. The molecule has 0 aliphatic heterocycles. The van der Waals surface area contributed by atoms with E-state index in [0.29, 0.717) is 0 Å². The van der Waals surface area contributed by atoms with Gasteiger partial charge in [-0.1, -0.05) is 0 Å². The molecular formula is C5H11O4. The van der Waals surface area contributed by atoms with E-state index >= 15 is 0 Å². The fourth-order valence-corrected chi connectivity index (χ4v) is 0.364. The summed E-state index contributed by atoms with van der Waals surface area (Å²) in [5, 5.41) is 34.0. The normalized spacial score (nSPS) is 21.0. The van der Waals surface area contributed by atoms with Gasteiger partial charge in [-0.25, -0.2) is 0 Å². The zero-order valence-corrected chi connectivity index (χ0v) is 4.94. The predicted octanol–water partition coefficient (Wildman–Crippen LogP) is -2.10. The van der Waals surface area contributed by atoms with Crippen molar-refractivity contribution in [2.75, 3.05) is 6.61 Å². The maximum atomic E-state index is 8.67. The Morgan fingerprint density at radius 1 is 1.22 bits per heavy atom. The molecule has 9 heavy (non-hydrogen) atoms. The van der Waals surface area contributed by atoms with Crippen molar-refractivity contribution in [3.05, 3.63) is 6.92 Å². The van der Waals surface area contributed by atoms with Crippen LogP contribution >= 0.6 is 0 Å². The lowest BCUT2D eigenvalue weighted by atomic mass is 10.1. The smallest absolute Gasteiger partial charge is 0.108 e. The lowest BCUT2D eigenvalue weighted by Crippen LogP contribution is -2.37. The van der Waals surface area contributed by atoms with Crippen LogP contribution in [0.15, 0.2) is 0 Å². The van der Waals surface area contributed by atoms with Gasteiger partial charge in [0, 0.05) is 0 Å². The van der Waals surface area contributed by atoms with Crippen molar-refractivity contribution in [1.29, 1.82) is 0 Å². The van der Waals surface area contributed by atoms with Crippen molar-refractivity contribution in [3.63, 3.8) is 0 Å². The minimum atomic E-state index is -1.37. The number of aliphatic hydroxyl groups is 4. The van der Waals surface area contributed by atoms with Crippen molar-refractivity contribution in [3.8, 4) is 0 Å². The number of aliphatic hydroxyl groups excluding tert-OH is 4. The third-order valence-corrected chi connectivity index (χ3v) is 0.976. The van der Waals surface area contributed by atoms with E-state index in [1.54, 1.807) is 0 Å². The Morgan fingerprint density at radius 3 is 1.78 bits per heavy atom. The lowest BCUT2D eigenvalue weighted by Gasteiger charge is -2.17. The molecular weight excluding hydrogens is 124 g/mol. The minimum Gasteiger partial charge on any atom is -0.394 e. The second-order valence-electron chi connectivity index (χ2n) is 1.81. The van der Waals surface area contributed by atoms with Gasteiger partial charge in [0.25, 0.3) is 0 Å². The van der Waals surface area contributed by atoms with Crippen LogP contribution in [0.3, 0.4) is 0 Å². The van der Waals surface area contributed by atoms with Crippen LogP contribution in [0.5, 0.6) is 0 Å². The molecule has 0 aromatic carbocycles. The van der Waals surface area contributed by atoms with Crippen LogP contribution in [-0.4, -0.2) is 45.3 Å². The zero-order valence-electron chi connectivity index (χ0n) is 4.94. The standard InChI is InChI=1S/C5H11O4/c1-3(7)5(9)4(8)2-6/h3-9H,1-2H2. The second kappa shape index (κ2) is 3.79. The highest BCUT2D eigenvalue weighted by atomic mass is 16.4. The molecule has 3 atom stereocenters. The second-order valence-corrected chi connectivity index (χ2v) is 1.81.